The van der Waals surface area contributed by atoms with E-state index < -0.39 is 11.7 Å². The Morgan fingerprint density at radius 2 is 2.05 bits per heavy atom. The zero-order valence-electron chi connectivity index (χ0n) is 10.9. The Hall–Kier alpha value is -1.69. The molecule has 0 fully saturated rings. The van der Waals surface area contributed by atoms with Crippen molar-refractivity contribution in [1.29, 1.82) is 0 Å². The van der Waals surface area contributed by atoms with Crippen molar-refractivity contribution in [3.63, 3.8) is 0 Å². The summed E-state index contributed by atoms with van der Waals surface area (Å²) in [7, 11) is 1.76. The van der Waals surface area contributed by atoms with Crippen LogP contribution in [0.2, 0.25) is 5.02 Å². The number of rotatable bonds is 3. The van der Waals surface area contributed by atoms with Gasteiger partial charge in [0, 0.05) is 36.1 Å². The van der Waals surface area contributed by atoms with Crippen molar-refractivity contribution in [3.05, 3.63) is 46.2 Å². The standard InChI is InChI=1S/C13H13ClF3N3/c1-8-9(7-20(2)19-8)6-18-12-4-3-10(14)5-11(12)13(15,16)17/h3-5,7,18H,6H2,1-2H3. The van der Waals surface area contributed by atoms with Gasteiger partial charge in [0.15, 0.2) is 0 Å². The molecular weight excluding hydrogens is 291 g/mol. The molecule has 1 N–H and O–H groups in total. The molecule has 0 bridgehead atoms. The number of alkyl halides is 3. The molecule has 20 heavy (non-hydrogen) atoms. The molecular formula is C13H13ClF3N3. The van der Waals surface area contributed by atoms with Gasteiger partial charge in [-0.2, -0.15) is 18.3 Å². The van der Waals surface area contributed by atoms with E-state index in [1.807, 2.05) is 6.92 Å². The highest BCUT2D eigenvalue weighted by molar-refractivity contribution is 6.30. The molecule has 3 nitrogen and oxygen atoms in total. The van der Waals surface area contributed by atoms with Crippen molar-refractivity contribution in [3.8, 4) is 0 Å². The highest BCUT2D eigenvalue weighted by Gasteiger charge is 2.33. The number of nitrogens with one attached hydrogen (secondary N) is 1. The predicted octanol–water partition coefficient (Wildman–Crippen LogP) is 4.01. The number of anilines is 1. The molecule has 1 heterocycles. The van der Waals surface area contributed by atoms with Crippen LogP contribution in [0.1, 0.15) is 16.8 Å². The molecule has 0 unspecified atom stereocenters. The lowest BCUT2D eigenvalue weighted by Gasteiger charge is -2.14. The fourth-order valence-electron chi connectivity index (χ4n) is 1.92. The second kappa shape index (κ2) is 5.36. The maximum Gasteiger partial charge on any atom is 0.418 e. The van der Waals surface area contributed by atoms with E-state index >= 15 is 0 Å². The summed E-state index contributed by atoms with van der Waals surface area (Å²) in [6.07, 6.45) is -2.68. The summed E-state index contributed by atoms with van der Waals surface area (Å²) in [5, 5.41) is 6.98. The Labute approximate surface area is 119 Å². The molecule has 0 aliphatic carbocycles. The largest absolute Gasteiger partial charge is 0.418 e. The average Bonchev–Trinajstić information content (AvgIpc) is 2.65. The van der Waals surface area contributed by atoms with E-state index in [-0.39, 0.29) is 17.3 Å². The number of nitrogens with zero attached hydrogens (tertiary/aromatic N) is 2. The summed E-state index contributed by atoms with van der Waals surface area (Å²) in [6.45, 7) is 2.08. The number of aromatic nitrogens is 2. The van der Waals surface area contributed by atoms with Gasteiger partial charge in [0.1, 0.15) is 0 Å². The van der Waals surface area contributed by atoms with Crippen molar-refractivity contribution < 1.29 is 13.2 Å². The molecule has 0 radical (unpaired) electrons. The molecule has 0 aliphatic heterocycles. The maximum atomic E-state index is 12.9. The van der Waals surface area contributed by atoms with Crippen molar-refractivity contribution in [2.75, 3.05) is 5.32 Å². The van der Waals surface area contributed by atoms with Gasteiger partial charge in [0.25, 0.3) is 0 Å². The van der Waals surface area contributed by atoms with Gasteiger partial charge in [-0.05, 0) is 25.1 Å². The monoisotopic (exact) mass is 303 g/mol. The first-order valence-corrected chi connectivity index (χ1v) is 6.25. The second-order valence-corrected chi connectivity index (χ2v) is 4.89. The fraction of sp³-hybridized carbons (Fsp3) is 0.308. The number of aryl methyl sites for hydroxylation is 2. The average molecular weight is 304 g/mol. The first-order chi connectivity index (χ1) is 9.27. The molecule has 0 atom stereocenters. The molecule has 0 saturated heterocycles. The Morgan fingerprint density at radius 3 is 2.60 bits per heavy atom. The van der Waals surface area contributed by atoms with Crippen LogP contribution in [0.25, 0.3) is 0 Å². The van der Waals surface area contributed by atoms with Gasteiger partial charge in [0.2, 0.25) is 0 Å². The van der Waals surface area contributed by atoms with E-state index in [2.05, 4.69) is 10.4 Å². The maximum absolute atomic E-state index is 12.9. The lowest BCUT2D eigenvalue weighted by molar-refractivity contribution is -0.136. The molecule has 108 valence electrons. The summed E-state index contributed by atoms with van der Waals surface area (Å²) < 4.78 is 40.4. The van der Waals surface area contributed by atoms with Crippen LogP contribution in [-0.4, -0.2) is 9.78 Å². The Morgan fingerprint density at radius 1 is 1.35 bits per heavy atom. The van der Waals surface area contributed by atoms with Crippen molar-refractivity contribution in [1.82, 2.24) is 9.78 Å². The van der Waals surface area contributed by atoms with Crippen LogP contribution in [0.15, 0.2) is 24.4 Å². The van der Waals surface area contributed by atoms with Crippen LogP contribution in [0.5, 0.6) is 0 Å². The van der Waals surface area contributed by atoms with Crippen LogP contribution in [-0.2, 0) is 19.8 Å². The van der Waals surface area contributed by atoms with E-state index in [0.29, 0.717) is 0 Å². The third-order valence-corrected chi connectivity index (χ3v) is 3.11. The van der Waals surface area contributed by atoms with E-state index in [1.165, 1.54) is 12.1 Å². The fourth-order valence-corrected chi connectivity index (χ4v) is 2.09. The lowest BCUT2D eigenvalue weighted by Crippen LogP contribution is -2.11. The van der Waals surface area contributed by atoms with Crippen LogP contribution >= 0.6 is 11.6 Å². The summed E-state index contributed by atoms with van der Waals surface area (Å²) >= 11 is 5.63. The van der Waals surface area contributed by atoms with Crippen LogP contribution < -0.4 is 5.32 Å². The van der Waals surface area contributed by atoms with Gasteiger partial charge in [0.05, 0.1) is 11.3 Å². The van der Waals surface area contributed by atoms with Gasteiger partial charge in [-0.1, -0.05) is 11.6 Å². The highest BCUT2D eigenvalue weighted by Crippen LogP contribution is 2.36. The molecule has 2 aromatic rings. The van der Waals surface area contributed by atoms with Crippen molar-refractivity contribution in [2.24, 2.45) is 7.05 Å². The van der Waals surface area contributed by atoms with Gasteiger partial charge < -0.3 is 5.32 Å². The highest BCUT2D eigenvalue weighted by atomic mass is 35.5. The summed E-state index contributed by atoms with van der Waals surface area (Å²) in [5.74, 6) is 0. The molecule has 0 saturated carbocycles. The van der Waals surface area contributed by atoms with E-state index in [1.54, 1.807) is 17.9 Å². The molecule has 0 amide bonds. The first-order valence-electron chi connectivity index (χ1n) is 5.87. The minimum Gasteiger partial charge on any atom is -0.380 e. The van der Waals surface area contributed by atoms with Gasteiger partial charge in [-0.25, -0.2) is 0 Å². The topological polar surface area (TPSA) is 29.9 Å². The summed E-state index contributed by atoms with van der Waals surface area (Å²) in [4.78, 5) is 0. The normalized spacial score (nSPS) is 11.7. The number of hydrogen-bond donors (Lipinski definition) is 1. The molecule has 0 aliphatic rings. The zero-order valence-corrected chi connectivity index (χ0v) is 11.7. The molecule has 1 aromatic heterocycles. The SMILES string of the molecule is Cc1nn(C)cc1CNc1ccc(Cl)cc1C(F)(F)F. The predicted molar refractivity (Wildman–Crippen MR) is 71.7 cm³/mol. The smallest absolute Gasteiger partial charge is 0.380 e. The Bertz CT molecular complexity index is 620. The molecule has 2 rings (SSSR count). The van der Waals surface area contributed by atoms with E-state index in [0.717, 1.165) is 17.3 Å². The molecule has 0 spiro atoms. The Kier molecular flexibility index (Phi) is 3.94. The minimum atomic E-state index is -4.45. The van der Waals surface area contributed by atoms with Crippen molar-refractivity contribution in [2.45, 2.75) is 19.6 Å². The third-order valence-electron chi connectivity index (χ3n) is 2.87. The molecule has 7 heteroatoms. The first kappa shape index (κ1) is 14.7. The number of halogens is 4. The van der Waals surface area contributed by atoms with E-state index in [9.17, 15) is 13.2 Å². The zero-order chi connectivity index (χ0) is 14.9. The number of hydrogen-bond acceptors (Lipinski definition) is 2. The van der Waals surface area contributed by atoms with Gasteiger partial charge in [-0.15, -0.1) is 0 Å². The summed E-state index contributed by atoms with van der Waals surface area (Å²) in [5.41, 5.74) is 0.856. The Balaban J connectivity index is 2.23. The quantitative estimate of drug-likeness (QED) is 0.928. The van der Waals surface area contributed by atoms with Crippen molar-refractivity contribution >= 4 is 17.3 Å². The van der Waals surface area contributed by atoms with Crippen LogP contribution in [0, 0.1) is 6.92 Å². The van der Waals surface area contributed by atoms with Crippen LogP contribution in [0.3, 0.4) is 0 Å². The second-order valence-electron chi connectivity index (χ2n) is 4.45. The van der Waals surface area contributed by atoms with Gasteiger partial charge >= 0.3 is 6.18 Å². The van der Waals surface area contributed by atoms with Gasteiger partial charge in [-0.3, -0.25) is 4.68 Å². The third kappa shape index (κ3) is 3.25. The number of benzene rings is 1. The molecule has 1 aromatic carbocycles. The van der Waals surface area contributed by atoms with E-state index in [4.69, 9.17) is 11.6 Å². The minimum absolute atomic E-state index is 0.00477. The summed E-state index contributed by atoms with van der Waals surface area (Å²) in [6, 6.07) is 3.67. The lowest BCUT2D eigenvalue weighted by atomic mass is 10.1. The van der Waals surface area contributed by atoms with Crippen LogP contribution in [0.4, 0.5) is 18.9 Å².